The molecule has 7 nitrogen and oxygen atoms in total. The molecule has 3 fully saturated rings. The summed E-state index contributed by atoms with van der Waals surface area (Å²) < 4.78 is 5.79. The summed E-state index contributed by atoms with van der Waals surface area (Å²) in [5, 5.41) is 7.04. The number of alkyl carbamates (subject to hydrolysis) is 1. The molecule has 9 heteroatoms. The van der Waals surface area contributed by atoms with Gasteiger partial charge in [-0.2, -0.15) is 19.6 Å². The molecule has 6 rings (SSSR count). The Morgan fingerprint density at radius 3 is 1.60 bits per heavy atom. The number of carbonyl (C=O) groups is 1. The molecule has 0 atom stereocenters. The molecule has 2 spiro atoms. The van der Waals surface area contributed by atoms with Crippen LogP contribution >= 0.6 is 7.26 Å². The number of amides is 1. The molecule has 2 saturated carbocycles. The van der Waals surface area contributed by atoms with Gasteiger partial charge in [-0.05, 0) is 68.5 Å². The molecule has 1 aliphatic heterocycles. The van der Waals surface area contributed by atoms with E-state index in [4.69, 9.17) is 24.3 Å². The van der Waals surface area contributed by atoms with Crippen molar-refractivity contribution >= 4 is 29.3 Å². The van der Waals surface area contributed by atoms with E-state index in [9.17, 15) is 4.79 Å². The number of hydrogen-bond acceptors (Lipinski definition) is 6. The van der Waals surface area contributed by atoms with E-state index in [1.54, 1.807) is 0 Å². The Labute approximate surface area is 265 Å². The van der Waals surface area contributed by atoms with E-state index in [2.05, 4.69) is 96.3 Å². The minimum atomic E-state index is -1.92. The highest BCUT2D eigenvalue weighted by molar-refractivity contribution is 7.95. The number of hydrogen-bond donors (Lipinski definition) is 1. The van der Waals surface area contributed by atoms with Crippen molar-refractivity contribution in [2.45, 2.75) is 81.9 Å². The van der Waals surface area contributed by atoms with Gasteiger partial charge in [0.25, 0.3) is 0 Å². The number of benzene rings is 3. The number of nitrogens with one attached hydrogen (secondary N) is 1. The van der Waals surface area contributed by atoms with Gasteiger partial charge in [0.15, 0.2) is 0 Å². The van der Waals surface area contributed by atoms with Crippen LogP contribution in [0.25, 0.3) is 0 Å². The van der Waals surface area contributed by atoms with Crippen LogP contribution in [0, 0.1) is 0 Å². The van der Waals surface area contributed by atoms with Crippen LogP contribution < -0.4 is 38.2 Å². The third-order valence-corrected chi connectivity index (χ3v) is 13.3. The van der Waals surface area contributed by atoms with Gasteiger partial charge < -0.3 is 27.0 Å². The zero-order valence-electron chi connectivity index (χ0n) is 24.5. The lowest BCUT2D eigenvalue weighted by Gasteiger charge is -2.46. The quantitative estimate of drug-likeness (QED) is 0.226. The Kier molecular flexibility index (Phi) is 10.9. The average molecular weight is 671 g/mol. The molecule has 0 aromatic heterocycles. The molecule has 2 aliphatic carbocycles. The van der Waals surface area contributed by atoms with E-state index in [1.807, 2.05) is 0 Å². The van der Waals surface area contributed by atoms with Crippen LogP contribution in [0.15, 0.2) is 91.0 Å². The second-order valence-electron chi connectivity index (χ2n) is 11.6. The zero-order chi connectivity index (χ0) is 28.7. The van der Waals surface area contributed by atoms with Crippen LogP contribution in [0.2, 0.25) is 0 Å². The molecule has 230 valence electrons. The first kappa shape index (κ1) is 32.1. The third-order valence-electron chi connectivity index (χ3n) is 8.80. The summed E-state index contributed by atoms with van der Waals surface area (Å²) in [6.07, 6.45) is 8.33. The van der Waals surface area contributed by atoms with Gasteiger partial charge in [0.2, 0.25) is 11.6 Å². The van der Waals surface area contributed by atoms with Crippen LogP contribution in [0.4, 0.5) is 4.79 Å². The average Bonchev–Trinajstić information content (AvgIpc) is 3.06. The molecular weight excluding hydrogens is 629 g/mol. The first-order valence-electron chi connectivity index (χ1n) is 15.3. The number of halogens is 1. The van der Waals surface area contributed by atoms with E-state index < -0.39 is 18.8 Å². The van der Waals surface area contributed by atoms with Gasteiger partial charge in [-0.3, -0.25) is 0 Å². The van der Waals surface area contributed by atoms with E-state index in [-0.39, 0.29) is 29.2 Å². The van der Waals surface area contributed by atoms with Gasteiger partial charge in [0.05, 0.1) is 6.16 Å². The molecule has 3 aromatic carbocycles. The lowest BCUT2D eigenvalue weighted by Crippen LogP contribution is -3.00. The number of ether oxygens (including phenoxy) is 1. The second-order valence-corrected chi connectivity index (χ2v) is 15.3. The van der Waals surface area contributed by atoms with Crippen LogP contribution in [0.3, 0.4) is 0 Å². The first-order valence-corrected chi connectivity index (χ1v) is 17.3. The predicted octanol–water partition coefficient (Wildman–Crippen LogP) is 3.31. The third kappa shape index (κ3) is 7.33. The van der Waals surface area contributed by atoms with Crippen molar-refractivity contribution in [3.05, 3.63) is 91.0 Å². The Morgan fingerprint density at radius 2 is 1.14 bits per heavy atom. The van der Waals surface area contributed by atoms with Crippen molar-refractivity contribution < 1.29 is 46.1 Å². The van der Waals surface area contributed by atoms with Crippen LogP contribution in [0.1, 0.15) is 64.2 Å². The van der Waals surface area contributed by atoms with Crippen LogP contribution in [0.5, 0.6) is 0 Å². The van der Waals surface area contributed by atoms with Crippen molar-refractivity contribution in [1.82, 2.24) is 5.32 Å². The summed E-state index contributed by atoms with van der Waals surface area (Å²) >= 11 is 0. The maximum absolute atomic E-state index is 12.8. The fourth-order valence-corrected chi connectivity index (χ4v) is 10.8. The smallest absolute Gasteiger partial charge is 0.407 e. The summed E-state index contributed by atoms with van der Waals surface area (Å²) in [7, 11) is -1.92. The van der Waals surface area contributed by atoms with Gasteiger partial charge in [-0.15, -0.1) is 0 Å². The Morgan fingerprint density at radius 1 is 0.698 bits per heavy atom. The highest BCUT2D eigenvalue weighted by Gasteiger charge is 2.51. The Hall–Kier alpha value is -2.32. The maximum Gasteiger partial charge on any atom is 0.407 e. The highest BCUT2D eigenvalue weighted by Crippen LogP contribution is 2.55. The summed E-state index contributed by atoms with van der Waals surface area (Å²) in [6.45, 7) is 0.541. The second kappa shape index (κ2) is 14.6. The van der Waals surface area contributed by atoms with Crippen LogP contribution in [-0.2, 0) is 24.3 Å². The molecule has 3 aliphatic rings. The number of rotatable bonds is 8. The van der Waals surface area contributed by atoms with E-state index in [0.717, 1.165) is 38.3 Å². The molecular formula is C34H41BrNO6P. The van der Waals surface area contributed by atoms with Gasteiger partial charge in [-0.25, -0.2) is 4.79 Å². The lowest BCUT2D eigenvalue weighted by molar-refractivity contribution is -0.663. The molecule has 43 heavy (non-hydrogen) atoms. The Bertz CT molecular complexity index is 1180. The van der Waals surface area contributed by atoms with Gasteiger partial charge in [0, 0.05) is 32.2 Å². The molecule has 1 N–H and O–H groups in total. The summed E-state index contributed by atoms with van der Waals surface area (Å²) in [5.41, 5.74) is 0. The fourth-order valence-electron chi connectivity index (χ4n) is 6.49. The molecule has 1 heterocycles. The monoisotopic (exact) mass is 669 g/mol. The lowest BCUT2D eigenvalue weighted by atomic mass is 9.91. The fraction of sp³-hybridized carbons (Fsp3) is 0.441. The molecule has 1 amide bonds. The van der Waals surface area contributed by atoms with Gasteiger partial charge >= 0.3 is 6.09 Å². The SMILES string of the molecule is O=C(NCCC[P+](c1ccccc1)(c1ccccc1)c1ccccc1)OC1CCC2(CC1)OOC1(CCCCC1)OO2.[Br-]. The number of carbonyl (C=O) groups excluding carboxylic acids is 1. The topological polar surface area (TPSA) is 75.3 Å². The first-order chi connectivity index (χ1) is 20.6. The minimum absolute atomic E-state index is 0. The molecule has 0 unspecified atom stereocenters. The van der Waals surface area contributed by atoms with Crippen LogP contribution in [-0.4, -0.2) is 36.5 Å². The highest BCUT2D eigenvalue weighted by atomic mass is 79.9. The van der Waals surface area contributed by atoms with Gasteiger partial charge in [-0.1, -0.05) is 61.0 Å². The molecule has 0 radical (unpaired) electrons. The van der Waals surface area contributed by atoms with Crippen molar-refractivity contribution in [2.75, 3.05) is 12.7 Å². The molecule has 3 aromatic rings. The summed E-state index contributed by atoms with van der Waals surface area (Å²) in [4.78, 5) is 35.8. The standard InChI is InChI=1S/C34H40NO6P.BrH/c36-32(37-28-20-24-34(25-21-28)40-38-33(39-41-34)22-11-4-12-23-33)35-26-13-27-42(29-14-5-1-6-15-29,30-16-7-2-8-17-30)31-18-9-3-10-19-31;/h1-3,5-10,14-19,28H,4,11-13,20-27H2;1H. The zero-order valence-corrected chi connectivity index (χ0v) is 27.0. The largest absolute Gasteiger partial charge is 1.00 e. The summed E-state index contributed by atoms with van der Waals surface area (Å²) in [6, 6.07) is 32.4. The van der Waals surface area contributed by atoms with Crippen molar-refractivity contribution in [2.24, 2.45) is 0 Å². The summed E-state index contributed by atoms with van der Waals surface area (Å²) in [5.74, 6) is -1.68. The van der Waals surface area contributed by atoms with Gasteiger partial charge in [0.1, 0.15) is 29.3 Å². The normalized spacial score (nSPS) is 19.8. The van der Waals surface area contributed by atoms with Crippen molar-refractivity contribution in [1.29, 1.82) is 0 Å². The predicted molar refractivity (Wildman–Crippen MR) is 164 cm³/mol. The van der Waals surface area contributed by atoms with E-state index >= 15 is 0 Å². The van der Waals surface area contributed by atoms with E-state index in [0.29, 0.717) is 32.2 Å². The minimum Gasteiger partial charge on any atom is -1.00 e. The molecule has 0 bridgehead atoms. The maximum atomic E-state index is 12.8. The van der Waals surface area contributed by atoms with Crippen molar-refractivity contribution in [3.63, 3.8) is 0 Å². The van der Waals surface area contributed by atoms with Crippen molar-refractivity contribution in [3.8, 4) is 0 Å². The van der Waals surface area contributed by atoms with E-state index in [1.165, 1.54) is 22.3 Å². The molecule has 1 saturated heterocycles. The Balaban J connectivity index is 0.00000368.